The fourth-order valence-corrected chi connectivity index (χ4v) is 4.28. The van der Waals surface area contributed by atoms with E-state index < -0.39 is 33.7 Å². The van der Waals surface area contributed by atoms with Crippen LogP contribution in [0.15, 0.2) is 0 Å². The summed E-state index contributed by atoms with van der Waals surface area (Å²) in [5.41, 5.74) is 0. The Labute approximate surface area is 236 Å². The fourth-order valence-electron chi connectivity index (χ4n) is 3.62. The molecule has 2 N–H and O–H groups in total. The molecule has 0 aromatic heterocycles. The molecule has 0 heterocycles. The molecule has 0 aromatic rings. The number of carbonyl (C=O) groups excluding carboxylic acids is 1. The van der Waals surface area contributed by atoms with E-state index in [0.29, 0.717) is 6.61 Å². The third-order valence-electron chi connectivity index (χ3n) is 5.60. The monoisotopic (exact) mass is 536 g/mol. The Hall–Kier alpha value is 0.0697. The second kappa shape index (κ2) is 24.8. The molecule has 10 heteroatoms. The van der Waals surface area contributed by atoms with Gasteiger partial charge in [0, 0.05) is 6.61 Å². The summed E-state index contributed by atoms with van der Waals surface area (Å²) in [6, 6.07) is 0. The van der Waals surface area contributed by atoms with Crippen LogP contribution in [0.3, 0.4) is 0 Å². The van der Waals surface area contributed by atoms with Crippen molar-refractivity contribution in [1.29, 1.82) is 0 Å². The first-order valence-electron chi connectivity index (χ1n) is 12.7. The van der Waals surface area contributed by atoms with Gasteiger partial charge in [0.15, 0.2) is 5.25 Å². The molecule has 0 fully saturated rings. The topological polar surface area (TPSA) is 127 Å². The van der Waals surface area contributed by atoms with Crippen molar-refractivity contribution in [2.45, 2.75) is 121 Å². The van der Waals surface area contributed by atoms with E-state index in [1.165, 1.54) is 89.9 Å². The van der Waals surface area contributed by atoms with Crippen molar-refractivity contribution in [2.24, 2.45) is 0 Å². The number of unbranched alkanes of at least 4 members (excludes halogenated alkanes) is 15. The molecule has 0 spiro atoms. The molecule has 1 unspecified atom stereocenters. The molecule has 0 aliphatic rings. The summed E-state index contributed by atoms with van der Waals surface area (Å²) in [5, 5.41) is 6.51. The zero-order valence-electron chi connectivity index (χ0n) is 20.5. The number of carbonyl (C=O) groups is 2. The number of hydrogen-bond acceptors (Lipinski definition) is 6. The summed E-state index contributed by atoms with van der Waals surface area (Å²) < 4.78 is 41.1. The van der Waals surface area contributed by atoms with E-state index >= 15 is 0 Å². The van der Waals surface area contributed by atoms with E-state index in [2.05, 4.69) is 6.92 Å². The van der Waals surface area contributed by atoms with Crippen molar-refractivity contribution in [3.05, 3.63) is 0 Å². The van der Waals surface area contributed by atoms with E-state index in [4.69, 9.17) is 19.1 Å². The first kappa shape index (κ1) is 36.2. The second-order valence-electron chi connectivity index (χ2n) is 8.68. The summed E-state index contributed by atoms with van der Waals surface area (Å²) in [6.07, 6.45) is 19.6. The van der Waals surface area contributed by atoms with Crippen LogP contribution in [0.1, 0.15) is 116 Å². The van der Waals surface area contributed by atoms with Crippen LogP contribution in [0.2, 0.25) is 0 Å². The van der Waals surface area contributed by atoms with Crippen LogP contribution in [0, 0.1) is 0 Å². The number of aliphatic carboxylic acids is 1. The number of ether oxygens (including phenoxy) is 2. The maximum absolute atomic E-state index is 11.6. The summed E-state index contributed by atoms with van der Waals surface area (Å²) in [5.74, 6) is -2.81. The van der Waals surface area contributed by atoms with Gasteiger partial charge in [-0.1, -0.05) is 103 Å². The van der Waals surface area contributed by atoms with Gasteiger partial charge in [-0.3, -0.25) is 14.1 Å². The fraction of sp³-hybridized carbons (Fsp3) is 0.917. The molecule has 1 atom stereocenters. The number of carboxylic acids is 1. The molecule has 0 aromatic carbocycles. The van der Waals surface area contributed by atoms with Crippen molar-refractivity contribution in [2.75, 3.05) is 19.8 Å². The molecule has 0 saturated heterocycles. The molecule has 200 valence electrons. The number of hydrogen-bond donors (Lipinski definition) is 2. The Bertz CT molecular complexity index is 598. The number of esters is 1. The van der Waals surface area contributed by atoms with Gasteiger partial charge in [0.25, 0.3) is 10.1 Å². The number of carboxylic acid groups (broad SMARTS) is 1. The average molecular weight is 537 g/mol. The van der Waals surface area contributed by atoms with Gasteiger partial charge in [0.2, 0.25) is 0 Å². The molecular formula is C24H48CaO8S. The maximum atomic E-state index is 11.6. The standard InChI is InChI=1S/C24H46O8S.Ca.2H/c1-2-3-4-5-6-7-8-9-10-11-12-13-14-15-16-17-18-31-19-20-32-24(27)22(21-23(25)26)33(28,29)30;;;/h22H,2-21H2,1H3,(H,25,26)(H,28,29,30);;;. The summed E-state index contributed by atoms with van der Waals surface area (Å²) in [7, 11) is -4.83. The van der Waals surface area contributed by atoms with Crippen LogP contribution >= 0.6 is 0 Å². The van der Waals surface area contributed by atoms with Gasteiger partial charge in [0.05, 0.1) is 13.0 Å². The van der Waals surface area contributed by atoms with Crippen LogP contribution in [-0.2, 0) is 29.2 Å². The van der Waals surface area contributed by atoms with Gasteiger partial charge >= 0.3 is 49.7 Å². The minimum atomic E-state index is -4.83. The Morgan fingerprint density at radius 3 is 1.50 bits per heavy atom. The van der Waals surface area contributed by atoms with Crippen molar-refractivity contribution in [3.8, 4) is 0 Å². The third kappa shape index (κ3) is 23.8. The van der Waals surface area contributed by atoms with Crippen LogP contribution in [0.25, 0.3) is 0 Å². The predicted octanol–water partition coefficient (Wildman–Crippen LogP) is 4.62. The molecule has 0 saturated carbocycles. The molecule has 34 heavy (non-hydrogen) atoms. The van der Waals surface area contributed by atoms with Crippen LogP contribution < -0.4 is 0 Å². The van der Waals surface area contributed by atoms with Crippen molar-refractivity contribution < 1.29 is 37.1 Å². The molecule has 0 aliphatic heterocycles. The zero-order valence-corrected chi connectivity index (χ0v) is 21.3. The first-order valence-corrected chi connectivity index (χ1v) is 14.2. The predicted molar refractivity (Wildman–Crippen MR) is 137 cm³/mol. The average Bonchev–Trinajstić information content (AvgIpc) is 2.75. The molecule has 0 amide bonds. The molecule has 0 aliphatic carbocycles. The third-order valence-corrected chi connectivity index (χ3v) is 6.67. The van der Waals surface area contributed by atoms with Gasteiger partial charge in [0.1, 0.15) is 6.61 Å². The SMILES string of the molecule is CCCCCCCCCCCCCCCCCCOCCOC(=O)C(CC(=O)O)S(=O)(=O)O.[CaH2]. The van der Waals surface area contributed by atoms with E-state index in [1.807, 2.05) is 0 Å². The van der Waals surface area contributed by atoms with Gasteiger partial charge in [-0.2, -0.15) is 8.42 Å². The minimum absolute atomic E-state index is 0. The van der Waals surface area contributed by atoms with Crippen LogP contribution in [0.5, 0.6) is 0 Å². The molecule has 0 radical (unpaired) electrons. The van der Waals surface area contributed by atoms with Crippen LogP contribution in [0.4, 0.5) is 0 Å². The molecular weight excluding hydrogens is 488 g/mol. The van der Waals surface area contributed by atoms with Crippen molar-refractivity contribution in [1.82, 2.24) is 0 Å². The summed E-state index contributed by atoms with van der Waals surface area (Å²) >= 11 is 0. The van der Waals surface area contributed by atoms with Crippen LogP contribution in [-0.4, -0.2) is 92.8 Å². The van der Waals surface area contributed by atoms with E-state index in [1.54, 1.807) is 0 Å². The summed E-state index contributed by atoms with van der Waals surface area (Å²) in [6.45, 7) is 2.68. The molecule has 0 rings (SSSR count). The summed E-state index contributed by atoms with van der Waals surface area (Å²) in [4.78, 5) is 22.2. The molecule has 8 nitrogen and oxygen atoms in total. The Morgan fingerprint density at radius 2 is 1.12 bits per heavy atom. The van der Waals surface area contributed by atoms with Gasteiger partial charge in [-0.05, 0) is 6.42 Å². The Morgan fingerprint density at radius 1 is 0.706 bits per heavy atom. The zero-order chi connectivity index (χ0) is 24.8. The van der Waals surface area contributed by atoms with Crippen molar-refractivity contribution in [3.63, 3.8) is 0 Å². The van der Waals surface area contributed by atoms with E-state index in [0.717, 1.165) is 12.8 Å². The quantitative estimate of drug-likeness (QED) is 0.0791. The van der Waals surface area contributed by atoms with Gasteiger partial charge in [-0.25, -0.2) is 0 Å². The first-order chi connectivity index (χ1) is 15.8. The van der Waals surface area contributed by atoms with E-state index in [-0.39, 0.29) is 51.0 Å². The second-order valence-corrected chi connectivity index (χ2v) is 10.3. The molecule has 0 bridgehead atoms. The van der Waals surface area contributed by atoms with Gasteiger partial charge in [-0.15, -0.1) is 0 Å². The Kier molecular flexibility index (Phi) is 26.4. The van der Waals surface area contributed by atoms with Gasteiger partial charge < -0.3 is 14.6 Å². The Balaban J connectivity index is 0. The van der Waals surface area contributed by atoms with E-state index in [9.17, 15) is 18.0 Å². The number of rotatable bonds is 24. The normalized spacial score (nSPS) is 12.2. The van der Waals surface area contributed by atoms with Crippen molar-refractivity contribution >= 4 is 59.8 Å².